The van der Waals surface area contributed by atoms with Crippen LogP contribution in [0.25, 0.3) is 0 Å². The van der Waals surface area contributed by atoms with Crippen LogP contribution in [0, 0.1) is 0 Å². The van der Waals surface area contributed by atoms with Gasteiger partial charge >= 0.3 is 6.03 Å². The molecule has 1 aromatic carbocycles. The third-order valence-electron chi connectivity index (χ3n) is 3.70. The predicted octanol–water partition coefficient (Wildman–Crippen LogP) is 0.860. The topological polar surface area (TPSA) is 64.7 Å². The van der Waals surface area contributed by atoms with E-state index in [0.717, 1.165) is 30.9 Å². The number of anilines is 2. The van der Waals surface area contributed by atoms with Crippen LogP contribution in [-0.2, 0) is 4.79 Å². The average molecular weight is 274 g/mol. The second kappa shape index (κ2) is 5.40. The van der Waals surface area contributed by atoms with E-state index in [4.69, 9.17) is 0 Å². The molecule has 0 atom stereocenters. The van der Waals surface area contributed by atoms with E-state index < -0.39 is 0 Å². The zero-order chi connectivity index (χ0) is 13.9. The number of carbonyl (C=O) groups is 2. The summed E-state index contributed by atoms with van der Waals surface area (Å²) >= 11 is 0. The van der Waals surface area contributed by atoms with E-state index in [0.29, 0.717) is 13.1 Å². The first-order valence-electron chi connectivity index (χ1n) is 6.92. The third-order valence-corrected chi connectivity index (χ3v) is 3.70. The van der Waals surface area contributed by atoms with Crippen molar-refractivity contribution in [2.24, 2.45) is 0 Å². The van der Waals surface area contributed by atoms with Crippen molar-refractivity contribution in [2.45, 2.75) is 6.42 Å². The molecule has 1 fully saturated rings. The van der Waals surface area contributed by atoms with Crippen molar-refractivity contribution in [2.75, 3.05) is 42.9 Å². The summed E-state index contributed by atoms with van der Waals surface area (Å²) in [6, 6.07) is 7.86. The molecular weight excluding hydrogens is 256 g/mol. The molecule has 0 saturated carbocycles. The maximum absolute atomic E-state index is 11.6. The molecule has 3 amide bonds. The van der Waals surface area contributed by atoms with Crippen molar-refractivity contribution in [3.05, 3.63) is 24.3 Å². The molecule has 0 spiro atoms. The first-order chi connectivity index (χ1) is 9.75. The van der Waals surface area contributed by atoms with Crippen LogP contribution in [0.1, 0.15) is 6.42 Å². The van der Waals surface area contributed by atoms with Gasteiger partial charge in [0.05, 0.1) is 17.9 Å². The summed E-state index contributed by atoms with van der Waals surface area (Å²) in [4.78, 5) is 26.6. The van der Waals surface area contributed by atoms with Gasteiger partial charge in [0.1, 0.15) is 0 Å². The fourth-order valence-corrected chi connectivity index (χ4v) is 2.65. The number of para-hydroxylation sites is 2. The van der Waals surface area contributed by atoms with E-state index in [1.165, 1.54) is 4.90 Å². The maximum atomic E-state index is 11.6. The first kappa shape index (κ1) is 12.8. The Morgan fingerprint density at radius 3 is 2.75 bits per heavy atom. The Morgan fingerprint density at radius 1 is 1.10 bits per heavy atom. The lowest BCUT2D eigenvalue weighted by atomic mass is 10.2. The lowest BCUT2D eigenvalue weighted by molar-refractivity contribution is -0.124. The summed E-state index contributed by atoms with van der Waals surface area (Å²) in [5, 5.41) is 5.94. The van der Waals surface area contributed by atoms with Crippen molar-refractivity contribution in [1.29, 1.82) is 0 Å². The van der Waals surface area contributed by atoms with Crippen LogP contribution in [0.15, 0.2) is 24.3 Å². The first-order valence-corrected chi connectivity index (χ1v) is 6.92. The molecule has 0 aliphatic carbocycles. The van der Waals surface area contributed by atoms with Gasteiger partial charge in [0.15, 0.2) is 0 Å². The van der Waals surface area contributed by atoms with Crippen LogP contribution in [0.2, 0.25) is 0 Å². The molecule has 0 unspecified atom stereocenters. The molecule has 1 saturated heterocycles. The van der Waals surface area contributed by atoms with Gasteiger partial charge in [0.2, 0.25) is 5.91 Å². The van der Waals surface area contributed by atoms with E-state index in [1.54, 1.807) is 0 Å². The Bertz CT molecular complexity index is 516. The van der Waals surface area contributed by atoms with E-state index in [1.807, 2.05) is 12.1 Å². The Labute approximate surface area is 117 Å². The van der Waals surface area contributed by atoms with E-state index in [2.05, 4.69) is 27.7 Å². The van der Waals surface area contributed by atoms with Crippen LogP contribution in [0.4, 0.5) is 16.2 Å². The largest absolute Gasteiger partial charge is 0.383 e. The predicted molar refractivity (Wildman–Crippen MR) is 76.9 cm³/mol. The summed E-state index contributed by atoms with van der Waals surface area (Å²) in [7, 11) is 0. The molecule has 2 aliphatic heterocycles. The molecule has 0 aromatic heterocycles. The van der Waals surface area contributed by atoms with Gasteiger partial charge in [-0.2, -0.15) is 0 Å². The summed E-state index contributed by atoms with van der Waals surface area (Å²) < 4.78 is 0. The van der Waals surface area contributed by atoms with Crippen molar-refractivity contribution in [3.63, 3.8) is 0 Å². The van der Waals surface area contributed by atoms with Crippen molar-refractivity contribution in [3.8, 4) is 0 Å². The van der Waals surface area contributed by atoms with Crippen LogP contribution >= 0.6 is 0 Å². The van der Waals surface area contributed by atoms with Gasteiger partial charge in [-0.1, -0.05) is 12.1 Å². The van der Waals surface area contributed by atoms with Crippen LogP contribution < -0.4 is 15.5 Å². The Hall–Kier alpha value is -2.24. The second-order valence-corrected chi connectivity index (χ2v) is 4.99. The van der Waals surface area contributed by atoms with Gasteiger partial charge in [-0.25, -0.2) is 4.79 Å². The molecule has 2 N–H and O–H groups in total. The molecular formula is C14H18N4O2. The molecule has 3 rings (SSSR count). The normalized spacial score (nSPS) is 18.4. The SMILES string of the molecule is O=C1CNC(=O)N1CCN1CCCNc2ccccc21. The highest BCUT2D eigenvalue weighted by molar-refractivity contribution is 6.01. The number of fused-ring (bicyclic) bond motifs is 1. The van der Waals surface area contributed by atoms with Crippen molar-refractivity contribution in [1.82, 2.24) is 10.2 Å². The number of rotatable bonds is 3. The minimum atomic E-state index is -0.281. The number of imide groups is 1. The monoisotopic (exact) mass is 274 g/mol. The lowest BCUT2D eigenvalue weighted by Crippen LogP contribution is -2.39. The second-order valence-electron chi connectivity index (χ2n) is 4.99. The number of hydrogen-bond acceptors (Lipinski definition) is 4. The minimum absolute atomic E-state index is 0.122. The standard InChI is InChI=1S/C14H18N4O2/c19-13-10-16-14(20)18(13)9-8-17-7-3-6-15-11-4-1-2-5-12(11)17/h1-2,4-5,15H,3,6-10H2,(H,16,20). The maximum Gasteiger partial charge on any atom is 0.324 e. The smallest absolute Gasteiger partial charge is 0.324 e. The van der Waals surface area contributed by atoms with Gasteiger partial charge in [-0.3, -0.25) is 9.69 Å². The van der Waals surface area contributed by atoms with Crippen LogP contribution in [0.5, 0.6) is 0 Å². The van der Waals surface area contributed by atoms with Gasteiger partial charge in [0.25, 0.3) is 0 Å². The Morgan fingerprint density at radius 2 is 1.95 bits per heavy atom. The highest BCUT2D eigenvalue weighted by atomic mass is 16.2. The number of carbonyl (C=O) groups excluding carboxylic acids is 2. The number of urea groups is 1. The molecule has 6 nitrogen and oxygen atoms in total. The lowest BCUT2D eigenvalue weighted by Gasteiger charge is -2.26. The molecule has 0 bridgehead atoms. The van der Waals surface area contributed by atoms with Crippen LogP contribution in [-0.4, -0.2) is 49.6 Å². The van der Waals surface area contributed by atoms with Gasteiger partial charge in [0, 0.05) is 26.2 Å². The molecule has 2 aliphatic rings. The fourth-order valence-electron chi connectivity index (χ4n) is 2.65. The molecule has 6 heteroatoms. The zero-order valence-corrected chi connectivity index (χ0v) is 11.3. The molecule has 2 heterocycles. The van der Waals surface area contributed by atoms with Crippen LogP contribution in [0.3, 0.4) is 0 Å². The quantitative estimate of drug-likeness (QED) is 0.802. The molecule has 106 valence electrons. The number of nitrogens with zero attached hydrogens (tertiary/aromatic N) is 2. The highest BCUT2D eigenvalue weighted by Crippen LogP contribution is 2.27. The number of benzene rings is 1. The van der Waals surface area contributed by atoms with Gasteiger partial charge < -0.3 is 15.5 Å². The van der Waals surface area contributed by atoms with Gasteiger partial charge in [-0.05, 0) is 18.6 Å². The summed E-state index contributed by atoms with van der Waals surface area (Å²) in [5.41, 5.74) is 2.25. The zero-order valence-electron chi connectivity index (χ0n) is 11.3. The number of hydrogen-bond donors (Lipinski definition) is 2. The Kier molecular flexibility index (Phi) is 3.45. The number of amides is 3. The summed E-state index contributed by atoms with van der Waals surface area (Å²) in [5.74, 6) is -0.142. The van der Waals surface area contributed by atoms with E-state index >= 15 is 0 Å². The number of nitrogens with one attached hydrogen (secondary N) is 2. The Balaban J connectivity index is 1.71. The molecule has 1 aromatic rings. The molecule has 20 heavy (non-hydrogen) atoms. The summed E-state index contributed by atoms with van der Waals surface area (Å²) in [6.45, 7) is 3.08. The highest BCUT2D eigenvalue weighted by Gasteiger charge is 2.28. The van der Waals surface area contributed by atoms with Crippen molar-refractivity contribution >= 4 is 23.3 Å². The van der Waals surface area contributed by atoms with E-state index in [9.17, 15) is 9.59 Å². The minimum Gasteiger partial charge on any atom is -0.383 e. The fraction of sp³-hybridized carbons (Fsp3) is 0.429. The average Bonchev–Trinajstić information content (AvgIpc) is 2.67. The van der Waals surface area contributed by atoms with E-state index in [-0.39, 0.29) is 18.5 Å². The summed E-state index contributed by atoms with van der Waals surface area (Å²) in [6.07, 6.45) is 1.04. The molecule has 0 radical (unpaired) electrons. The van der Waals surface area contributed by atoms with Crippen molar-refractivity contribution < 1.29 is 9.59 Å². The van der Waals surface area contributed by atoms with Gasteiger partial charge in [-0.15, -0.1) is 0 Å². The third kappa shape index (κ3) is 2.41.